The van der Waals surface area contributed by atoms with Gasteiger partial charge in [-0.1, -0.05) is 0 Å². The Morgan fingerprint density at radius 1 is 1.24 bits per heavy atom. The number of rotatable bonds is 4. The molecule has 7 nitrogen and oxygen atoms in total. The van der Waals surface area contributed by atoms with Crippen LogP contribution in [0.15, 0.2) is 42.4 Å². The molecule has 2 atom stereocenters. The van der Waals surface area contributed by atoms with Gasteiger partial charge in [0.2, 0.25) is 5.95 Å². The maximum atomic E-state index is 14.1. The van der Waals surface area contributed by atoms with Crippen molar-refractivity contribution in [2.75, 3.05) is 18.4 Å². The number of amides is 1. The Kier molecular flexibility index (Phi) is 4.78. The summed E-state index contributed by atoms with van der Waals surface area (Å²) in [6.45, 7) is 3.93. The first kappa shape index (κ1) is 17.1. The number of nitrogens with zero attached hydrogens (tertiary/aromatic N) is 5. The molecule has 0 spiro atoms. The first-order valence-corrected chi connectivity index (χ1v) is 8.09. The topological polar surface area (TPSA) is 75.9 Å². The van der Waals surface area contributed by atoms with Gasteiger partial charge in [-0.05, 0) is 25.5 Å². The number of nitrogens with one attached hydrogen (secondary N) is 1. The molecule has 3 rings (SSSR count). The van der Waals surface area contributed by atoms with Crippen molar-refractivity contribution in [2.45, 2.75) is 25.8 Å². The second-order valence-electron chi connectivity index (χ2n) is 6.42. The van der Waals surface area contributed by atoms with Crippen molar-refractivity contribution < 1.29 is 9.18 Å². The van der Waals surface area contributed by atoms with E-state index < -0.39 is 11.7 Å². The normalized spacial score (nSPS) is 19.8. The lowest BCUT2D eigenvalue weighted by atomic mass is 10.0. The molecule has 0 radical (unpaired) electrons. The molecule has 2 aromatic heterocycles. The van der Waals surface area contributed by atoms with Crippen molar-refractivity contribution in [2.24, 2.45) is 7.05 Å². The number of carbonyl (C=O) groups excluding carboxylic acids is 1. The molecule has 1 amide bonds. The Balaban J connectivity index is 1.85. The molecule has 1 saturated heterocycles. The summed E-state index contributed by atoms with van der Waals surface area (Å²) >= 11 is 0. The van der Waals surface area contributed by atoms with E-state index in [2.05, 4.69) is 20.3 Å². The van der Waals surface area contributed by atoms with Crippen LogP contribution in [0.1, 0.15) is 25.5 Å². The van der Waals surface area contributed by atoms with Crippen molar-refractivity contribution in [3.8, 4) is 0 Å². The fourth-order valence-electron chi connectivity index (χ4n) is 2.93. The number of carbonyl (C=O) groups is 1. The summed E-state index contributed by atoms with van der Waals surface area (Å²) in [5.41, 5.74) is 1.23. The van der Waals surface area contributed by atoms with Crippen LogP contribution < -0.4 is 5.32 Å². The third kappa shape index (κ3) is 3.67. The first-order chi connectivity index (χ1) is 12.0. The van der Waals surface area contributed by atoms with Gasteiger partial charge >= 0.3 is 0 Å². The maximum Gasteiger partial charge on any atom is 0.282 e. The predicted octanol–water partition coefficient (Wildman–Crippen LogP) is 1.88. The van der Waals surface area contributed by atoms with Gasteiger partial charge in [0.25, 0.3) is 5.91 Å². The molecule has 0 saturated carbocycles. The number of aromatic nitrogens is 4. The predicted molar refractivity (Wildman–Crippen MR) is 91.5 cm³/mol. The zero-order valence-corrected chi connectivity index (χ0v) is 14.5. The molecule has 0 aromatic carbocycles. The molecule has 2 aromatic rings. The Hall–Kier alpha value is -2.77. The van der Waals surface area contributed by atoms with Gasteiger partial charge in [0.05, 0.1) is 18.1 Å². The minimum absolute atomic E-state index is 0.0704. The number of likely N-dealkylation sites (tertiary alicyclic amines) is 1. The van der Waals surface area contributed by atoms with Gasteiger partial charge in [-0.15, -0.1) is 0 Å². The van der Waals surface area contributed by atoms with Crippen molar-refractivity contribution in [1.29, 1.82) is 0 Å². The van der Waals surface area contributed by atoms with Gasteiger partial charge in [0.15, 0.2) is 5.83 Å². The molecule has 0 unspecified atom stereocenters. The van der Waals surface area contributed by atoms with Gasteiger partial charge in [-0.3, -0.25) is 4.79 Å². The highest BCUT2D eigenvalue weighted by Gasteiger charge is 2.39. The van der Waals surface area contributed by atoms with Crippen molar-refractivity contribution in [1.82, 2.24) is 24.4 Å². The van der Waals surface area contributed by atoms with Crippen LogP contribution in [0.5, 0.6) is 0 Å². The fraction of sp³-hybridized carbons (Fsp3) is 0.412. The number of anilines is 1. The van der Waals surface area contributed by atoms with E-state index in [1.54, 1.807) is 38.6 Å². The molecule has 3 heterocycles. The van der Waals surface area contributed by atoms with E-state index in [0.717, 1.165) is 5.69 Å². The smallest absolute Gasteiger partial charge is 0.282 e. The van der Waals surface area contributed by atoms with E-state index >= 15 is 0 Å². The van der Waals surface area contributed by atoms with Crippen LogP contribution >= 0.6 is 0 Å². The number of allylic oxidation sites excluding steroid dienone is 1. The average molecular weight is 344 g/mol. The molecule has 1 aliphatic heterocycles. The van der Waals surface area contributed by atoms with Gasteiger partial charge in [-0.25, -0.2) is 19.3 Å². The quantitative estimate of drug-likeness (QED) is 0.857. The zero-order valence-electron chi connectivity index (χ0n) is 14.5. The third-order valence-corrected chi connectivity index (χ3v) is 4.22. The number of hydrogen-bond donors (Lipinski definition) is 1. The summed E-state index contributed by atoms with van der Waals surface area (Å²) in [7, 11) is 1.89. The number of imidazole rings is 1. The average Bonchev–Trinajstić information content (AvgIpc) is 3.20. The second-order valence-corrected chi connectivity index (χ2v) is 6.42. The van der Waals surface area contributed by atoms with E-state index in [1.165, 1.54) is 4.90 Å². The Morgan fingerprint density at radius 2 is 1.96 bits per heavy atom. The van der Waals surface area contributed by atoms with Crippen LogP contribution in [0.3, 0.4) is 0 Å². The summed E-state index contributed by atoms with van der Waals surface area (Å²) in [5.74, 6) is -0.875. The Morgan fingerprint density at radius 3 is 2.56 bits per heavy atom. The summed E-state index contributed by atoms with van der Waals surface area (Å²) in [5, 5.41) is 3.25. The molecule has 25 heavy (non-hydrogen) atoms. The Labute approximate surface area is 145 Å². The van der Waals surface area contributed by atoms with Crippen LogP contribution in [0.2, 0.25) is 0 Å². The maximum absolute atomic E-state index is 14.1. The fourth-order valence-corrected chi connectivity index (χ4v) is 2.93. The standard InChI is InChI=1S/C17H21FN6O/c1-11(2)15(18)16(25)24-7-12(13-8-23(3)10-21-13)14(9-24)22-17-19-5-4-6-20-17/h4-6,8,10,12,14H,7,9H2,1-3H3,(H,19,20,22)/t12-,14+/m0/s1. The molecule has 132 valence electrons. The molecule has 0 aliphatic carbocycles. The molecular weight excluding hydrogens is 323 g/mol. The van der Waals surface area contributed by atoms with Crippen LogP contribution in [0.4, 0.5) is 10.3 Å². The summed E-state index contributed by atoms with van der Waals surface area (Å²) < 4.78 is 15.9. The lowest BCUT2D eigenvalue weighted by Gasteiger charge is -2.17. The molecule has 8 heteroatoms. The number of halogens is 1. The van der Waals surface area contributed by atoms with Crippen LogP contribution in [-0.2, 0) is 11.8 Å². The molecule has 1 N–H and O–H groups in total. The van der Waals surface area contributed by atoms with Crippen molar-refractivity contribution >= 4 is 11.9 Å². The van der Waals surface area contributed by atoms with Crippen molar-refractivity contribution in [3.63, 3.8) is 0 Å². The van der Waals surface area contributed by atoms with E-state index in [1.807, 2.05) is 17.8 Å². The molecule has 1 aliphatic rings. The highest BCUT2D eigenvalue weighted by atomic mass is 19.1. The minimum atomic E-state index is -0.698. The molecule has 1 fully saturated rings. The van der Waals surface area contributed by atoms with Gasteiger partial charge in [0.1, 0.15) is 0 Å². The number of aryl methyl sites for hydroxylation is 1. The van der Waals surface area contributed by atoms with Crippen LogP contribution in [0.25, 0.3) is 0 Å². The van der Waals surface area contributed by atoms with Gasteiger partial charge < -0.3 is 14.8 Å². The second kappa shape index (κ2) is 7.00. The lowest BCUT2D eigenvalue weighted by molar-refractivity contribution is -0.127. The van der Waals surface area contributed by atoms with Crippen molar-refractivity contribution in [3.05, 3.63) is 48.1 Å². The summed E-state index contributed by atoms with van der Waals surface area (Å²) in [4.78, 5) is 26.6. The van der Waals surface area contributed by atoms with Gasteiger partial charge in [-0.2, -0.15) is 0 Å². The largest absolute Gasteiger partial charge is 0.349 e. The third-order valence-electron chi connectivity index (χ3n) is 4.22. The zero-order chi connectivity index (χ0) is 18.0. The minimum Gasteiger partial charge on any atom is -0.349 e. The lowest BCUT2D eigenvalue weighted by Crippen LogP contribution is -2.32. The summed E-state index contributed by atoms with van der Waals surface area (Å²) in [6, 6.07) is 1.59. The van der Waals surface area contributed by atoms with Crippen LogP contribution in [0, 0.1) is 0 Å². The Bertz CT molecular complexity index is 783. The highest BCUT2D eigenvalue weighted by molar-refractivity contribution is 5.92. The van der Waals surface area contributed by atoms with E-state index in [-0.39, 0.29) is 12.0 Å². The first-order valence-electron chi connectivity index (χ1n) is 8.09. The van der Waals surface area contributed by atoms with E-state index in [9.17, 15) is 9.18 Å². The SMILES string of the molecule is CC(C)=C(F)C(=O)N1C[C@@H](Nc2ncccn2)[C@H](c2cn(C)cn2)C1. The monoisotopic (exact) mass is 344 g/mol. The van der Waals surface area contributed by atoms with E-state index in [0.29, 0.717) is 24.6 Å². The van der Waals surface area contributed by atoms with Gasteiger partial charge in [0, 0.05) is 44.6 Å². The molecular formula is C17H21FN6O. The number of hydrogen-bond acceptors (Lipinski definition) is 5. The molecule has 0 bridgehead atoms. The summed E-state index contributed by atoms with van der Waals surface area (Å²) in [6.07, 6.45) is 6.92. The van der Waals surface area contributed by atoms with E-state index in [4.69, 9.17) is 0 Å². The van der Waals surface area contributed by atoms with Crippen LogP contribution in [-0.4, -0.2) is 49.5 Å². The highest BCUT2D eigenvalue weighted by Crippen LogP contribution is 2.29.